The largest absolute Gasteiger partial charge is 0.470 e. The predicted octanol–water partition coefficient (Wildman–Crippen LogP) is 4.72. The second kappa shape index (κ2) is 9.91. The Bertz CT molecular complexity index is 1190. The van der Waals surface area contributed by atoms with Gasteiger partial charge in [-0.2, -0.15) is 0 Å². The molecule has 4 aromatic rings. The van der Waals surface area contributed by atoms with Gasteiger partial charge >= 0.3 is 0 Å². The van der Waals surface area contributed by atoms with Gasteiger partial charge in [0.05, 0.1) is 11.4 Å². The van der Waals surface area contributed by atoms with Crippen LogP contribution in [0.4, 0.5) is 0 Å². The number of allylic oxidation sites excluding steroid dienone is 1. The van der Waals surface area contributed by atoms with E-state index in [0.29, 0.717) is 19.0 Å². The molecule has 1 aromatic carbocycles. The van der Waals surface area contributed by atoms with Crippen LogP contribution in [0.1, 0.15) is 25.2 Å². The predicted molar refractivity (Wildman–Crippen MR) is 122 cm³/mol. The zero-order chi connectivity index (χ0) is 21.5. The molecule has 0 aliphatic rings. The van der Waals surface area contributed by atoms with Gasteiger partial charge in [0, 0.05) is 41.8 Å². The van der Waals surface area contributed by atoms with E-state index in [1.54, 1.807) is 12.4 Å². The van der Waals surface area contributed by atoms with Crippen molar-refractivity contribution in [3.05, 3.63) is 90.0 Å². The second-order valence-electron chi connectivity index (χ2n) is 7.28. The third kappa shape index (κ3) is 5.10. The quantitative estimate of drug-likeness (QED) is 0.423. The van der Waals surface area contributed by atoms with Crippen LogP contribution >= 0.6 is 0 Å². The number of hydrogen-bond acceptors (Lipinski definition) is 6. The molecule has 0 atom stereocenters. The molecule has 0 aliphatic carbocycles. The van der Waals surface area contributed by atoms with Crippen molar-refractivity contribution in [3.63, 3.8) is 0 Å². The zero-order valence-electron chi connectivity index (χ0n) is 17.7. The van der Waals surface area contributed by atoms with E-state index in [9.17, 15) is 0 Å². The minimum Gasteiger partial charge on any atom is -0.470 e. The summed E-state index contributed by atoms with van der Waals surface area (Å²) in [5, 5.41) is 14.1. The first-order chi connectivity index (χ1) is 15.2. The second-order valence-corrected chi connectivity index (χ2v) is 7.28. The Morgan fingerprint density at radius 1 is 0.935 bits per heavy atom. The third-order valence-electron chi connectivity index (χ3n) is 5.03. The summed E-state index contributed by atoms with van der Waals surface area (Å²) in [6.07, 6.45) is 5.61. The molecule has 0 fully saturated rings. The highest BCUT2D eigenvalue weighted by Crippen LogP contribution is 2.30. The number of rotatable bonds is 8. The maximum Gasteiger partial charge on any atom is 0.241 e. The van der Waals surface area contributed by atoms with E-state index in [2.05, 4.69) is 33.5 Å². The van der Waals surface area contributed by atoms with Crippen molar-refractivity contribution in [1.29, 1.82) is 0 Å². The minimum atomic E-state index is 0.328. The summed E-state index contributed by atoms with van der Waals surface area (Å²) in [6.45, 7) is 6.04. The number of aromatic nitrogens is 4. The SMILES string of the molecule is C/C=C(\C)CNCc1cccc(COc2nnc(-c3ccncc3)c3ccccc23)n1. The fourth-order valence-electron chi connectivity index (χ4n) is 3.25. The van der Waals surface area contributed by atoms with E-state index in [1.807, 2.05) is 61.5 Å². The summed E-state index contributed by atoms with van der Waals surface area (Å²) in [5.74, 6) is 0.502. The van der Waals surface area contributed by atoms with Gasteiger partial charge in [0.15, 0.2) is 0 Å². The number of fused-ring (bicyclic) bond motifs is 1. The van der Waals surface area contributed by atoms with E-state index in [0.717, 1.165) is 40.0 Å². The normalized spacial score (nSPS) is 11.6. The molecule has 0 saturated carbocycles. The first-order valence-electron chi connectivity index (χ1n) is 10.3. The fourth-order valence-corrected chi connectivity index (χ4v) is 3.25. The highest BCUT2D eigenvalue weighted by atomic mass is 16.5. The van der Waals surface area contributed by atoms with Gasteiger partial charge in [0.1, 0.15) is 12.3 Å². The zero-order valence-corrected chi connectivity index (χ0v) is 17.7. The van der Waals surface area contributed by atoms with Gasteiger partial charge in [-0.1, -0.05) is 35.9 Å². The standard InChI is InChI=1S/C25H25N5O/c1-3-18(2)15-27-16-20-7-6-8-21(28-20)17-31-25-23-10-5-4-9-22(23)24(29-30-25)19-11-13-26-14-12-19/h3-14,27H,15-17H2,1-2H3/b18-3+. The van der Waals surface area contributed by atoms with Crippen LogP contribution in [-0.2, 0) is 13.2 Å². The lowest BCUT2D eigenvalue weighted by molar-refractivity contribution is 0.289. The lowest BCUT2D eigenvalue weighted by Gasteiger charge is -2.11. The molecule has 156 valence electrons. The van der Waals surface area contributed by atoms with Crippen molar-refractivity contribution in [2.45, 2.75) is 27.0 Å². The molecule has 0 radical (unpaired) electrons. The minimum absolute atomic E-state index is 0.328. The van der Waals surface area contributed by atoms with Gasteiger partial charge in [-0.15, -0.1) is 10.2 Å². The molecule has 31 heavy (non-hydrogen) atoms. The van der Waals surface area contributed by atoms with Crippen LogP contribution in [0.25, 0.3) is 22.0 Å². The topological polar surface area (TPSA) is 72.8 Å². The van der Waals surface area contributed by atoms with Gasteiger partial charge in [-0.25, -0.2) is 0 Å². The molecule has 0 saturated heterocycles. The fraction of sp³-hybridized carbons (Fsp3) is 0.200. The molecular weight excluding hydrogens is 386 g/mol. The van der Waals surface area contributed by atoms with Crippen molar-refractivity contribution in [1.82, 2.24) is 25.5 Å². The average molecular weight is 412 g/mol. The van der Waals surface area contributed by atoms with E-state index in [1.165, 1.54) is 5.57 Å². The maximum absolute atomic E-state index is 6.03. The molecule has 6 heteroatoms. The molecule has 3 aromatic heterocycles. The average Bonchev–Trinajstić information content (AvgIpc) is 2.83. The Morgan fingerprint density at radius 3 is 2.52 bits per heavy atom. The lowest BCUT2D eigenvalue weighted by Crippen LogP contribution is -2.17. The van der Waals surface area contributed by atoms with E-state index < -0.39 is 0 Å². The van der Waals surface area contributed by atoms with Gasteiger partial charge in [0.25, 0.3) is 0 Å². The number of pyridine rings is 2. The molecule has 1 N–H and O–H groups in total. The van der Waals surface area contributed by atoms with Crippen LogP contribution in [-0.4, -0.2) is 26.7 Å². The number of ether oxygens (including phenoxy) is 1. The van der Waals surface area contributed by atoms with Crippen LogP contribution in [0.5, 0.6) is 5.88 Å². The molecule has 0 bridgehead atoms. The number of nitrogens with zero attached hydrogens (tertiary/aromatic N) is 4. The first-order valence-corrected chi connectivity index (χ1v) is 10.3. The van der Waals surface area contributed by atoms with Crippen LogP contribution in [0.15, 0.2) is 78.6 Å². The lowest BCUT2D eigenvalue weighted by atomic mass is 10.1. The molecule has 4 rings (SSSR count). The van der Waals surface area contributed by atoms with Crippen molar-refractivity contribution < 1.29 is 4.74 Å². The Balaban J connectivity index is 1.51. The van der Waals surface area contributed by atoms with Crippen molar-refractivity contribution in [2.75, 3.05) is 6.54 Å². The van der Waals surface area contributed by atoms with Crippen LogP contribution in [0, 0.1) is 0 Å². The number of benzene rings is 1. The molecule has 0 aliphatic heterocycles. The van der Waals surface area contributed by atoms with Gasteiger partial charge < -0.3 is 10.1 Å². The Hall–Kier alpha value is -3.64. The van der Waals surface area contributed by atoms with Crippen LogP contribution in [0.3, 0.4) is 0 Å². The smallest absolute Gasteiger partial charge is 0.241 e. The molecule has 3 heterocycles. The van der Waals surface area contributed by atoms with Gasteiger partial charge in [0.2, 0.25) is 5.88 Å². The highest BCUT2D eigenvalue weighted by molar-refractivity contribution is 5.96. The Morgan fingerprint density at radius 2 is 1.71 bits per heavy atom. The molecule has 0 unspecified atom stereocenters. The van der Waals surface area contributed by atoms with Crippen molar-refractivity contribution >= 4 is 10.8 Å². The first kappa shape index (κ1) is 20.6. The third-order valence-corrected chi connectivity index (χ3v) is 5.03. The highest BCUT2D eigenvalue weighted by Gasteiger charge is 2.12. The number of hydrogen-bond donors (Lipinski definition) is 1. The molecule has 6 nitrogen and oxygen atoms in total. The number of nitrogens with one attached hydrogen (secondary N) is 1. The monoisotopic (exact) mass is 411 g/mol. The van der Waals surface area contributed by atoms with Gasteiger partial charge in [-0.05, 0) is 44.2 Å². The summed E-state index contributed by atoms with van der Waals surface area (Å²) < 4.78 is 6.03. The summed E-state index contributed by atoms with van der Waals surface area (Å²) in [7, 11) is 0. The van der Waals surface area contributed by atoms with Gasteiger partial charge in [-0.3, -0.25) is 9.97 Å². The maximum atomic E-state index is 6.03. The summed E-state index contributed by atoms with van der Waals surface area (Å²) in [5.41, 5.74) is 4.92. The summed E-state index contributed by atoms with van der Waals surface area (Å²) >= 11 is 0. The van der Waals surface area contributed by atoms with Crippen LogP contribution in [0.2, 0.25) is 0 Å². The molecule has 0 spiro atoms. The Kier molecular flexibility index (Phi) is 6.59. The van der Waals surface area contributed by atoms with Crippen molar-refractivity contribution in [2.24, 2.45) is 0 Å². The summed E-state index contributed by atoms with van der Waals surface area (Å²) in [4.78, 5) is 8.78. The van der Waals surface area contributed by atoms with E-state index in [-0.39, 0.29) is 0 Å². The molecule has 0 amide bonds. The van der Waals surface area contributed by atoms with E-state index >= 15 is 0 Å². The Labute approximate surface area is 182 Å². The van der Waals surface area contributed by atoms with Crippen LogP contribution < -0.4 is 10.1 Å². The van der Waals surface area contributed by atoms with E-state index in [4.69, 9.17) is 9.72 Å². The van der Waals surface area contributed by atoms with Crippen molar-refractivity contribution in [3.8, 4) is 17.1 Å². The summed E-state index contributed by atoms with van der Waals surface area (Å²) in [6, 6.07) is 17.8. The molecular formula is C25H25N5O.